The highest BCUT2D eigenvalue weighted by Gasteiger charge is 2.09. The monoisotopic (exact) mass is 311 g/mol. The summed E-state index contributed by atoms with van der Waals surface area (Å²) >= 11 is 0. The summed E-state index contributed by atoms with van der Waals surface area (Å²) in [7, 11) is 0. The van der Waals surface area contributed by atoms with Gasteiger partial charge in [-0.3, -0.25) is 9.36 Å². The maximum atomic E-state index is 4.58. The highest BCUT2D eigenvalue weighted by molar-refractivity contribution is 5.85. The molecule has 0 unspecified atom stereocenters. The van der Waals surface area contributed by atoms with Crippen LogP contribution in [0.5, 0.6) is 0 Å². The van der Waals surface area contributed by atoms with E-state index in [0.29, 0.717) is 6.04 Å². The first kappa shape index (κ1) is 17.6. The zero-order valence-electron chi connectivity index (χ0n) is 13.6. The summed E-state index contributed by atoms with van der Waals surface area (Å²) in [5.41, 5.74) is 3.46. The van der Waals surface area contributed by atoms with Crippen molar-refractivity contribution in [1.82, 2.24) is 19.6 Å². The van der Waals surface area contributed by atoms with E-state index in [2.05, 4.69) is 60.2 Å². The lowest BCUT2D eigenvalue weighted by molar-refractivity contribution is 0.533. The molecule has 2 aromatic rings. The predicted molar refractivity (Wildman–Crippen MR) is 89.2 cm³/mol. The fourth-order valence-corrected chi connectivity index (χ4v) is 2.24. The molecule has 0 aromatic carbocycles. The van der Waals surface area contributed by atoms with E-state index in [-0.39, 0.29) is 12.4 Å². The van der Waals surface area contributed by atoms with Crippen LogP contribution in [0.15, 0.2) is 12.3 Å². The molecule has 0 saturated carbocycles. The largest absolute Gasteiger partial charge is 0.363 e. The third kappa shape index (κ3) is 4.24. The number of hydrogen-bond acceptors (Lipinski definition) is 3. The van der Waals surface area contributed by atoms with Gasteiger partial charge in [0.25, 0.3) is 0 Å². The van der Waals surface area contributed by atoms with Crippen molar-refractivity contribution in [3.63, 3.8) is 0 Å². The van der Waals surface area contributed by atoms with E-state index in [1.807, 2.05) is 11.6 Å². The standard InChI is InChI=1S/C15H25N5.ClH/c1-6-7-19-14(8-13(5)17-19)9-16-15-12(4)10-20(18-15)11(2)3;/h8,10-11H,6-7,9H2,1-5H3,(H,16,18);1H. The minimum absolute atomic E-state index is 0. The van der Waals surface area contributed by atoms with Crippen LogP contribution < -0.4 is 5.32 Å². The van der Waals surface area contributed by atoms with Crippen LogP contribution in [0, 0.1) is 13.8 Å². The Bertz CT molecular complexity index is 571. The molecule has 0 bridgehead atoms. The van der Waals surface area contributed by atoms with Gasteiger partial charge in [0.2, 0.25) is 0 Å². The van der Waals surface area contributed by atoms with Crippen LogP contribution in [0.1, 0.15) is 50.2 Å². The number of aryl methyl sites for hydroxylation is 3. The molecule has 0 atom stereocenters. The molecule has 2 aromatic heterocycles. The molecule has 1 N–H and O–H groups in total. The Labute approximate surface area is 133 Å². The Kier molecular flexibility index (Phi) is 6.27. The zero-order chi connectivity index (χ0) is 14.7. The zero-order valence-corrected chi connectivity index (χ0v) is 14.4. The predicted octanol–water partition coefficient (Wildman–Crippen LogP) is 3.72. The first-order chi connectivity index (χ1) is 9.51. The molecular formula is C15H26ClN5. The maximum Gasteiger partial charge on any atom is 0.151 e. The summed E-state index contributed by atoms with van der Waals surface area (Å²) in [5.74, 6) is 0.959. The van der Waals surface area contributed by atoms with Gasteiger partial charge >= 0.3 is 0 Å². The number of nitrogens with one attached hydrogen (secondary N) is 1. The molecule has 0 aliphatic heterocycles. The SMILES string of the molecule is CCCn1nc(C)cc1CNc1nn(C(C)C)cc1C.Cl. The molecule has 2 rings (SSSR count). The van der Waals surface area contributed by atoms with Gasteiger partial charge in [-0.15, -0.1) is 12.4 Å². The Morgan fingerprint density at radius 2 is 1.95 bits per heavy atom. The van der Waals surface area contributed by atoms with Crippen LogP contribution in [0.4, 0.5) is 5.82 Å². The van der Waals surface area contributed by atoms with E-state index in [9.17, 15) is 0 Å². The molecule has 6 heteroatoms. The van der Waals surface area contributed by atoms with Gasteiger partial charge in [-0.1, -0.05) is 6.92 Å². The average Bonchev–Trinajstić information content (AvgIpc) is 2.91. The van der Waals surface area contributed by atoms with E-state index in [4.69, 9.17) is 0 Å². The minimum atomic E-state index is 0. The van der Waals surface area contributed by atoms with Gasteiger partial charge in [-0.25, -0.2) is 0 Å². The normalized spacial score (nSPS) is 10.8. The Balaban J connectivity index is 0.00000220. The van der Waals surface area contributed by atoms with Gasteiger partial charge in [0.15, 0.2) is 5.82 Å². The summed E-state index contributed by atoms with van der Waals surface area (Å²) in [6.45, 7) is 12.3. The summed E-state index contributed by atoms with van der Waals surface area (Å²) in [5, 5.41) is 12.5. The highest BCUT2D eigenvalue weighted by atomic mass is 35.5. The summed E-state index contributed by atoms with van der Waals surface area (Å²) in [6.07, 6.45) is 3.18. The number of anilines is 1. The third-order valence-electron chi connectivity index (χ3n) is 3.30. The van der Waals surface area contributed by atoms with E-state index in [1.54, 1.807) is 0 Å². The van der Waals surface area contributed by atoms with Crippen LogP contribution in [0.2, 0.25) is 0 Å². The van der Waals surface area contributed by atoms with Gasteiger partial charge in [0, 0.05) is 24.3 Å². The second-order valence-corrected chi connectivity index (χ2v) is 5.59. The van der Waals surface area contributed by atoms with E-state index >= 15 is 0 Å². The Hall–Kier alpha value is -1.49. The Morgan fingerprint density at radius 1 is 1.24 bits per heavy atom. The fourth-order valence-electron chi connectivity index (χ4n) is 2.24. The second-order valence-electron chi connectivity index (χ2n) is 5.59. The van der Waals surface area contributed by atoms with Crippen LogP contribution in [0.3, 0.4) is 0 Å². The fraction of sp³-hybridized carbons (Fsp3) is 0.600. The van der Waals surface area contributed by atoms with Crippen molar-refractivity contribution in [3.05, 3.63) is 29.2 Å². The first-order valence-corrected chi connectivity index (χ1v) is 7.34. The second kappa shape index (κ2) is 7.50. The lowest BCUT2D eigenvalue weighted by atomic mass is 10.3. The number of hydrogen-bond donors (Lipinski definition) is 1. The first-order valence-electron chi connectivity index (χ1n) is 7.34. The van der Waals surface area contributed by atoms with Crippen molar-refractivity contribution in [2.24, 2.45) is 0 Å². The van der Waals surface area contributed by atoms with Crippen molar-refractivity contribution >= 4 is 18.2 Å². The van der Waals surface area contributed by atoms with Crippen molar-refractivity contribution in [2.75, 3.05) is 5.32 Å². The van der Waals surface area contributed by atoms with Gasteiger partial charge in [0.1, 0.15) is 0 Å². The minimum Gasteiger partial charge on any atom is -0.363 e. The number of aromatic nitrogens is 4. The molecule has 0 radical (unpaired) electrons. The van der Waals surface area contributed by atoms with Gasteiger partial charge in [0.05, 0.1) is 17.9 Å². The van der Waals surface area contributed by atoms with Gasteiger partial charge in [-0.05, 0) is 40.2 Å². The highest BCUT2D eigenvalue weighted by Crippen LogP contribution is 2.16. The molecule has 5 nitrogen and oxygen atoms in total. The molecule has 0 aliphatic carbocycles. The van der Waals surface area contributed by atoms with E-state index < -0.39 is 0 Å². The summed E-state index contributed by atoms with van der Waals surface area (Å²) in [6, 6.07) is 2.52. The van der Waals surface area contributed by atoms with Crippen molar-refractivity contribution in [3.8, 4) is 0 Å². The third-order valence-corrected chi connectivity index (χ3v) is 3.30. The number of halogens is 1. The average molecular weight is 312 g/mol. The molecule has 0 spiro atoms. The van der Waals surface area contributed by atoms with Crippen LogP contribution in [0.25, 0.3) is 0 Å². The summed E-state index contributed by atoms with van der Waals surface area (Å²) < 4.78 is 4.07. The van der Waals surface area contributed by atoms with Crippen LogP contribution >= 0.6 is 12.4 Å². The lowest BCUT2D eigenvalue weighted by Gasteiger charge is -2.08. The molecule has 0 saturated heterocycles. The molecule has 0 aliphatic rings. The Morgan fingerprint density at radius 3 is 2.52 bits per heavy atom. The van der Waals surface area contributed by atoms with Crippen molar-refractivity contribution in [2.45, 2.75) is 60.2 Å². The molecule has 21 heavy (non-hydrogen) atoms. The summed E-state index contributed by atoms with van der Waals surface area (Å²) in [4.78, 5) is 0. The van der Waals surface area contributed by atoms with E-state index in [1.165, 1.54) is 11.3 Å². The quantitative estimate of drug-likeness (QED) is 0.884. The van der Waals surface area contributed by atoms with Gasteiger partial charge in [-0.2, -0.15) is 10.2 Å². The van der Waals surface area contributed by atoms with Crippen molar-refractivity contribution < 1.29 is 0 Å². The van der Waals surface area contributed by atoms with Crippen LogP contribution in [-0.2, 0) is 13.1 Å². The maximum absolute atomic E-state index is 4.58. The smallest absolute Gasteiger partial charge is 0.151 e. The molecule has 118 valence electrons. The topological polar surface area (TPSA) is 47.7 Å². The number of rotatable bonds is 6. The number of nitrogens with zero attached hydrogens (tertiary/aromatic N) is 4. The lowest BCUT2D eigenvalue weighted by Crippen LogP contribution is -2.10. The van der Waals surface area contributed by atoms with E-state index in [0.717, 1.165) is 31.0 Å². The van der Waals surface area contributed by atoms with Crippen LogP contribution in [-0.4, -0.2) is 19.6 Å². The molecule has 0 fully saturated rings. The molecule has 0 amide bonds. The molecular weight excluding hydrogens is 286 g/mol. The van der Waals surface area contributed by atoms with Gasteiger partial charge < -0.3 is 5.32 Å². The molecule has 2 heterocycles. The van der Waals surface area contributed by atoms with Crippen molar-refractivity contribution in [1.29, 1.82) is 0 Å².